The van der Waals surface area contributed by atoms with E-state index in [1.165, 1.54) is 4.90 Å². The fourth-order valence-electron chi connectivity index (χ4n) is 3.40. The molecule has 3 rings (SSSR count). The van der Waals surface area contributed by atoms with E-state index in [2.05, 4.69) is 41.3 Å². The summed E-state index contributed by atoms with van der Waals surface area (Å²) < 4.78 is 11.0. The Morgan fingerprint density at radius 1 is 1.14 bits per heavy atom. The SMILES string of the molecule is COc1cncc(OC2CCC(NC(=O)Cc3ccc(SC(C)C)cc3)CC2)n1. The lowest BCUT2D eigenvalue weighted by atomic mass is 9.92. The summed E-state index contributed by atoms with van der Waals surface area (Å²) in [5.41, 5.74) is 1.05. The Balaban J connectivity index is 1.41. The average Bonchev–Trinajstić information content (AvgIpc) is 2.71. The van der Waals surface area contributed by atoms with Gasteiger partial charge in [-0.25, -0.2) is 0 Å². The van der Waals surface area contributed by atoms with Crippen LogP contribution in [0.4, 0.5) is 0 Å². The molecule has 1 aliphatic rings. The normalized spacial score (nSPS) is 19.0. The van der Waals surface area contributed by atoms with E-state index >= 15 is 0 Å². The molecule has 6 nitrogen and oxygen atoms in total. The van der Waals surface area contributed by atoms with Crippen LogP contribution in [-0.4, -0.2) is 40.4 Å². The van der Waals surface area contributed by atoms with Crippen molar-refractivity contribution in [1.82, 2.24) is 15.3 Å². The van der Waals surface area contributed by atoms with Gasteiger partial charge in [0.25, 0.3) is 0 Å². The van der Waals surface area contributed by atoms with Gasteiger partial charge in [-0.05, 0) is 43.4 Å². The van der Waals surface area contributed by atoms with Gasteiger partial charge in [-0.15, -0.1) is 11.8 Å². The van der Waals surface area contributed by atoms with E-state index in [1.54, 1.807) is 19.5 Å². The van der Waals surface area contributed by atoms with Crippen molar-refractivity contribution >= 4 is 17.7 Å². The standard InChI is InChI=1S/C22H29N3O3S/c1-15(2)29-19-10-4-16(5-11-19)12-20(26)24-17-6-8-18(9-7-17)28-22-14-23-13-21(25-22)27-3/h4-5,10-11,13-15,17-18H,6-9,12H2,1-3H3,(H,24,26). The van der Waals surface area contributed by atoms with Crippen molar-refractivity contribution in [3.63, 3.8) is 0 Å². The summed E-state index contributed by atoms with van der Waals surface area (Å²) in [4.78, 5) is 22.0. The molecule has 1 heterocycles. The highest BCUT2D eigenvalue weighted by molar-refractivity contribution is 7.99. The van der Waals surface area contributed by atoms with Crippen LogP contribution < -0.4 is 14.8 Å². The van der Waals surface area contributed by atoms with Gasteiger partial charge in [0, 0.05) is 16.2 Å². The van der Waals surface area contributed by atoms with Crippen LogP contribution in [0.1, 0.15) is 45.1 Å². The van der Waals surface area contributed by atoms with Crippen LogP contribution >= 0.6 is 11.8 Å². The van der Waals surface area contributed by atoms with Crippen LogP contribution in [0, 0.1) is 0 Å². The Hall–Kier alpha value is -2.28. The molecule has 1 aliphatic carbocycles. The number of carbonyl (C=O) groups excluding carboxylic acids is 1. The lowest BCUT2D eigenvalue weighted by Crippen LogP contribution is -2.40. The first kappa shape index (κ1) is 21.4. The largest absolute Gasteiger partial charge is 0.480 e. The van der Waals surface area contributed by atoms with Gasteiger partial charge in [-0.3, -0.25) is 9.78 Å². The smallest absolute Gasteiger partial charge is 0.235 e. The summed E-state index contributed by atoms with van der Waals surface area (Å²) in [7, 11) is 1.56. The quantitative estimate of drug-likeness (QED) is 0.656. The molecule has 1 saturated carbocycles. The number of nitrogens with zero attached hydrogens (tertiary/aromatic N) is 2. The molecule has 0 unspecified atom stereocenters. The fourth-order valence-corrected chi connectivity index (χ4v) is 4.24. The third kappa shape index (κ3) is 6.92. The minimum absolute atomic E-state index is 0.0808. The Morgan fingerprint density at radius 3 is 2.48 bits per heavy atom. The van der Waals surface area contributed by atoms with Gasteiger partial charge >= 0.3 is 0 Å². The Morgan fingerprint density at radius 2 is 1.83 bits per heavy atom. The van der Waals surface area contributed by atoms with Crippen molar-refractivity contribution in [2.24, 2.45) is 0 Å². The topological polar surface area (TPSA) is 73.3 Å². The second-order valence-electron chi connectivity index (χ2n) is 7.55. The molecule has 1 fully saturated rings. The summed E-state index contributed by atoms with van der Waals surface area (Å²) in [6.45, 7) is 4.35. The van der Waals surface area contributed by atoms with E-state index in [0.717, 1.165) is 31.2 Å². The number of benzene rings is 1. The predicted molar refractivity (Wildman–Crippen MR) is 115 cm³/mol. The van der Waals surface area contributed by atoms with Crippen LogP contribution in [0.5, 0.6) is 11.8 Å². The molecule has 156 valence electrons. The number of hydrogen-bond acceptors (Lipinski definition) is 6. The lowest BCUT2D eigenvalue weighted by Gasteiger charge is -2.29. The van der Waals surface area contributed by atoms with Gasteiger partial charge in [-0.1, -0.05) is 26.0 Å². The molecule has 1 amide bonds. The van der Waals surface area contributed by atoms with Gasteiger partial charge in [0.2, 0.25) is 17.7 Å². The van der Waals surface area contributed by atoms with Crippen LogP contribution in [0.3, 0.4) is 0 Å². The van der Waals surface area contributed by atoms with Gasteiger partial charge in [0.1, 0.15) is 6.10 Å². The third-order valence-corrected chi connectivity index (χ3v) is 5.80. The van der Waals surface area contributed by atoms with Crippen molar-refractivity contribution in [3.8, 4) is 11.8 Å². The summed E-state index contributed by atoms with van der Waals surface area (Å²) in [5.74, 6) is 1.01. The highest BCUT2D eigenvalue weighted by atomic mass is 32.2. The van der Waals surface area contributed by atoms with Crippen LogP contribution in [0.2, 0.25) is 0 Å². The molecular formula is C22H29N3O3S. The van der Waals surface area contributed by atoms with E-state index in [4.69, 9.17) is 9.47 Å². The maximum Gasteiger partial charge on any atom is 0.235 e. The van der Waals surface area contributed by atoms with Crippen molar-refractivity contribution in [2.45, 2.75) is 68.2 Å². The maximum absolute atomic E-state index is 12.4. The highest BCUT2D eigenvalue weighted by Gasteiger charge is 2.24. The lowest BCUT2D eigenvalue weighted by molar-refractivity contribution is -0.121. The number of ether oxygens (including phenoxy) is 2. The third-order valence-electron chi connectivity index (χ3n) is 4.79. The molecule has 0 bridgehead atoms. The number of carbonyl (C=O) groups is 1. The molecule has 7 heteroatoms. The molecule has 2 aromatic rings. The Labute approximate surface area is 176 Å². The molecule has 1 aromatic carbocycles. The minimum Gasteiger partial charge on any atom is -0.480 e. The van der Waals surface area contributed by atoms with E-state index in [9.17, 15) is 4.79 Å². The van der Waals surface area contributed by atoms with E-state index in [1.807, 2.05) is 23.9 Å². The zero-order valence-corrected chi connectivity index (χ0v) is 18.1. The van der Waals surface area contributed by atoms with Crippen molar-refractivity contribution in [2.75, 3.05) is 7.11 Å². The van der Waals surface area contributed by atoms with Crippen molar-refractivity contribution in [1.29, 1.82) is 0 Å². The van der Waals surface area contributed by atoms with Crippen molar-refractivity contribution in [3.05, 3.63) is 42.2 Å². The Bertz CT molecular complexity index is 790. The number of thioether (sulfide) groups is 1. The van der Waals surface area contributed by atoms with E-state index < -0.39 is 0 Å². The average molecular weight is 416 g/mol. The molecule has 1 aromatic heterocycles. The summed E-state index contributed by atoms with van der Waals surface area (Å²) in [6, 6.07) is 8.48. The number of methoxy groups -OCH3 is 1. The molecule has 0 atom stereocenters. The molecular weight excluding hydrogens is 386 g/mol. The highest BCUT2D eigenvalue weighted by Crippen LogP contribution is 2.24. The van der Waals surface area contributed by atoms with Gasteiger partial charge in [0.05, 0.1) is 25.9 Å². The molecule has 0 aliphatic heterocycles. The zero-order valence-electron chi connectivity index (χ0n) is 17.3. The van der Waals surface area contributed by atoms with Crippen LogP contribution in [-0.2, 0) is 11.2 Å². The molecule has 29 heavy (non-hydrogen) atoms. The second-order valence-corrected chi connectivity index (χ2v) is 9.20. The van der Waals surface area contributed by atoms with Crippen LogP contribution in [0.15, 0.2) is 41.6 Å². The number of rotatable bonds is 8. The van der Waals surface area contributed by atoms with Gasteiger partial charge < -0.3 is 14.8 Å². The van der Waals surface area contributed by atoms with Crippen molar-refractivity contribution < 1.29 is 14.3 Å². The predicted octanol–water partition coefficient (Wildman–Crippen LogP) is 4.03. The van der Waals surface area contributed by atoms with Crippen LogP contribution in [0.25, 0.3) is 0 Å². The molecule has 0 saturated heterocycles. The molecule has 0 radical (unpaired) electrons. The zero-order chi connectivity index (χ0) is 20.6. The number of aromatic nitrogens is 2. The first-order valence-electron chi connectivity index (χ1n) is 10.1. The first-order chi connectivity index (χ1) is 14.0. The van der Waals surface area contributed by atoms with Gasteiger partial charge in [0.15, 0.2) is 0 Å². The van der Waals surface area contributed by atoms with Gasteiger partial charge in [-0.2, -0.15) is 4.98 Å². The van der Waals surface area contributed by atoms with E-state index in [-0.39, 0.29) is 18.1 Å². The first-order valence-corrected chi connectivity index (χ1v) is 11.0. The summed E-state index contributed by atoms with van der Waals surface area (Å²) in [6.07, 6.45) is 7.22. The monoisotopic (exact) mass is 415 g/mol. The maximum atomic E-state index is 12.4. The summed E-state index contributed by atoms with van der Waals surface area (Å²) in [5, 5.41) is 3.72. The summed E-state index contributed by atoms with van der Waals surface area (Å²) >= 11 is 1.83. The molecule has 0 spiro atoms. The number of amides is 1. The molecule has 1 N–H and O–H groups in total. The Kier molecular flexibility index (Phi) is 7.75. The van der Waals surface area contributed by atoms with E-state index in [0.29, 0.717) is 23.4 Å². The minimum atomic E-state index is 0.0808. The number of nitrogens with one attached hydrogen (secondary N) is 1. The fraction of sp³-hybridized carbons (Fsp3) is 0.500. The second kappa shape index (κ2) is 10.5. The number of hydrogen-bond donors (Lipinski definition) is 1.